The van der Waals surface area contributed by atoms with E-state index in [9.17, 15) is 13.2 Å². The minimum atomic E-state index is -3.46. The van der Waals surface area contributed by atoms with Gasteiger partial charge in [-0.2, -0.15) is 0 Å². The number of rotatable bonds is 10. The van der Waals surface area contributed by atoms with Crippen LogP contribution in [0.1, 0.15) is 49.4 Å². The number of carbonyl (C=O) groups excluding carboxylic acids is 1. The van der Waals surface area contributed by atoms with Crippen LogP contribution in [0.4, 0.5) is 5.69 Å². The second-order valence-electron chi connectivity index (χ2n) is 7.51. The summed E-state index contributed by atoms with van der Waals surface area (Å²) in [6.45, 7) is 8.70. The van der Waals surface area contributed by atoms with Gasteiger partial charge in [-0.3, -0.25) is 9.10 Å². The summed E-state index contributed by atoms with van der Waals surface area (Å²) in [7, 11) is -3.46. The summed E-state index contributed by atoms with van der Waals surface area (Å²) in [6.07, 6.45) is 1.84. The second-order valence-corrected chi connectivity index (χ2v) is 9.42. The molecule has 164 valence electrons. The zero-order chi connectivity index (χ0) is 22.3. The lowest BCUT2D eigenvalue weighted by molar-refractivity contribution is -0.121. The highest BCUT2D eigenvalue weighted by molar-refractivity contribution is 7.92. The van der Waals surface area contributed by atoms with Crippen molar-refractivity contribution < 1.29 is 17.9 Å². The third-order valence-corrected chi connectivity index (χ3v) is 6.06. The molecule has 1 unspecified atom stereocenters. The molecule has 0 aliphatic rings. The van der Waals surface area contributed by atoms with E-state index in [2.05, 4.69) is 11.4 Å². The first-order valence-electron chi connectivity index (χ1n) is 10.2. The summed E-state index contributed by atoms with van der Waals surface area (Å²) in [6, 6.07) is 13.0. The standard InChI is InChI=1S/C23H32N2O4S/c1-6-29-21-12-10-20(11-13-21)25(30(5,27)28)15-7-8-23(26)24-19(4)22-14-9-17(2)16-18(22)3/h9-14,16,19H,6-8,15H2,1-5H3,(H,24,26). The van der Waals surface area contributed by atoms with Crippen molar-refractivity contribution in [1.82, 2.24) is 5.32 Å². The molecule has 0 saturated heterocycles. The fourth-order valence-corrected chi connectivity index (χ4v) is 4.41. The van der Waals surface area contributed by atoms with Crippen LogP contribution in [0.25, 0.3) is 0 Å². The fraction of sp³-hybridized carbons (Fsp3) is 0.435. The number of hydrogen-bond acceptors (Lipinski definition) is 4. The molecule has 2 aromatic carbocycles. The molecule has 2 aromatic rings. The van der Waals surface area contributed by atoms with Crippen molar-refractivity contribution in [3.63, 3.8) is 0 Å². The summed E-state index contributed by atoms with van der Waals surface area (Å²) >= 11 is 0. The van der Waals surface area contributed by atoms with Gasteiger partial charge in [-0.15, -0.1) is 0 Å². The maximum atomic E-state index is 12.4. The Morgan fingerprint density at radius 1 is 1.13 bits per heavy atom. The van der Waals surface area contributed by atoms with E-state index in [0.717, 1.165) is 11.1 Å². The third kappa shape index (κ3) is 6.76. The Balaban J connectivity index is 1.95. The van der Waals surface area contributed by atoms with Crippen LogP contribution in [0.3, 0.4) is 0 Å². The van der Waals surface area contributed by atoms with Crippen LogP contribution in [0, 0.1) is 13.8 Å². The van der Waals surface area contributed by atoms with Crippen LogP contribution in [0.5, 0.6) is 5.75 Å². The lowest BCUT2D eigenvalue weighted by atomic mass is 10.00. The Morgan fingerprint density at radius 2 is 1.80 bits per heavy atom. The van der Waals surface area contributed by atoms with Gasteiger partial charge in [0.15, 0.2) is 0 Å². The normalized spacial score (nSPS) is 12.3. The van der Waals surface area contributed by atoms with Gasteiger partial charge < -0.3 is 10.1 Å². The Bertz CT molecular complexity index is 956. The summed E-state index contributed by atoms with van der Waals surface area (Å²) in [5.41, 5.74) is 3.97. The van der Waals surface area contributed by atoms with Crippen LogP contribution < -0.4 is 14.4 Å². The van der Waals surface area contributed by atoms with Crippen LogP contribution in [-0.4, -0.2) is 33.7 Å². The number of nitrogens with zero attached hydrogens (tertiary/aromatic N) is 1. The van der Waals surface area contributed by atoms with Crippen LogP contribution in [0.2, 0.25) is 0 Å². The van der Waals surface area contributed by atoms with E-state index in [4.69, 9.17) is 4.74 Å². The maximum Gasteiger partial charge on any atom is 0.232 e. The van der Waals surface area contributed by atoms with Gasteiger partial charge in [0, 0.05) is 13.0 Å². The van der Waals surface area contributed by atoms with Gasteiger partial charge in [-0.25, -0.2) is 8.42 Å². The van der Waals surface area contributed by atoms with Gasteiger partial charge >= 0.3 is 0 Å². The van der Waals surface area contributed by atoms with E-state index in [1.165, 1.54) is 16.1 Å². The number of nitrogens with one attached hydrogen (secondary N) is 1. The summed E-state index contributed by atoms with van der Waals surface area (Å²) in [5, 5.41) is 3.01. The topological polar surface area (TPSA) is 75.7 Å². The number of amides is 1. The summed E-state index contributed by atoms with van der Waals surface area (Å²) in [4.78, 5) is 12.4. The molecule has 0 spiro atoms. The highest BCUT2D eigenvalue weighted by atomic mass is 32.2. The smallest absolute Gasteiger partial charge is 0.232 e. The molecule has 30 heavy (non-hydrogen) atoms. The molecule has 0 fully saturated rings. The van der Waals surface area contributed by atoms with Crippen molar-refractivity contribution in [2.45, 2.75) is 46.6 Å². The van der Waals surface area contributed by atoms with Crippen molar-refractivity contribution in [3.8, 4) is 5.75 Å². The van der Waals surface area contributed by atoms with E-state index >= 15 is 0 Å². The molecule has 6 nitrogen and oxygen atoms in total. The second kappa shape index (κ2) is 10.5. The minimum Gasteiger partial charge on any atom is -0.494 e. The zero-order valence-corrected chi connectivity index (χ0v) is 19.3. The Morgan fingerprint density at radius 3 is 2.37 bits per heavy atom. The number of benzene rings is 2. The molecule has 0 heterocycles. The van der Waals surface area contributed by atoms with Gasteiger partial charge in [0.2, 0.25) is 15.9 Å². The predicted octanol–water partition coefficient (Wildman–Crippen LogP) is 4.13. The number of aryl methyl sites for hydroxylation is 2. The molecule has 0 bridgehead atoms. The number of anilines is 1. The van der Waals surface area contributed by atoms with Gasteiger partial charge in [0.05, 0.1) is 24.6 Å². The van der Waals surface area contributed by atoms with Gasteiger partial charge in [0.1, 0.15) is 5.75 Å². The number of hydrogen-bond donors (Lipinski definition) is 1. The van der Waals surface area contributed by atoms with Gasteiger partial charge in [0.25, 0.3) is 0 Å². The quantitative estimate of drug-likeness (QED) is 0.613. The van der Waals surface area contributed by atoms with Crippen molar-refractivity contribution in [1.29, 1.82) is 0 Å². The van der Waals surface area contributed by atoms with E-state index < -0.39 is 10.0 Å². The summed E-state index contributed by atoms with van der Waals surface area (Å²) in [5.74, 6) is 0.595. The molecule has 7 heteroatoms. The molecule has 1 amide bonds. The van der Waals surface area contributed by atoms with Crippen LogP contribution >= 0.6 is 0 Å². The Labute approximate surface area is 180 Å². The Hall–Kier alpha value is -2.54. The van der Waals surface area contributed by atoms with Crippen molar-refractivity contribution >= 4 is 21.6 Å². The van der Waals surface area contributed by atoms with Crippen molar-refractivity contribution in [2.24, 2.45) is 0 Å². The monoisotopic (exact) mass is 432 g/mol. The largest absolute Gasteiger partial charge is 0.494 e. The molecule has 1 N–H and O–H groups in total. The Kier molecular flexibility index (Phi) is 8.29. The number of ether oxygens (including phenoxy) is 1. The fourth-order valence-electron chi connectivity index (χ4n) is 3.45. The first-order chi connectivity index (χ1) is 14.1. The molecular formula is C23H32N2O4S. The highest BCUT2D eigenvalue weighted by Gasteiger charge is 2.18. The van der Waals surface area contributed by atoms with E-state index in [1.807, 2.05) is 39.8 Å². The summed E-state index contributed by atoms with van der Waals surface area (Å²) < 4.78 is 31.2. The molecular weight excluding hydrogens is 400 g/mol. The molecule has 0 saturated carbocycles. The minimum absolute atomic E-state index is 0.0948. The van der Waals surface area contributed by atoms with E-state index in [1.54, 1.807) is 24.3 Å². The molecule has 0 aliphatic heterocycles. The SMILES string of the molecule is CCOc1ccc(N(CCCC(=O)NC(C)c2ccc(C)cc2C)S(C)(=O)=O)cc1. The van der Waals surface area contributed by atoms with Gasteiger partial charge in [-0.05, 0) is 69.5 Å². The lowest BCUT2D eigenvalue weighted by Crippen LogP contribution is -2.32. The van der Waals surface area contributed by atoms with E-state index in [-0.39, 0.29) is 24.9 Å². The molecule has 0 radical (unpaired) electrons. The first kappa shape index (κ1) is 23.7. The predicted molar refractivity (Wildman–Crippen MR) is 122 cm³/mol. The number of carbonyl (C=O) groups is 1. The van der Waals surface area contributed by atoms with Crippen molar-refractivity contribution in [3.05, 3.63) is 59.2 Å². The zero-order valence-electron chi connectivity index (χ0n) is 18.4. The molecule has 2 rings (SSSR count). The van der Waals surface area contributed by atoms with Crippen molar-refractivity contribution in [2.75, 3.05) is 23.7 Å². The average molecular weight is 433 g/mol. The third-order valence-electron chi connectivity index (χ3n) is 4.87. The average Bonchev–Trinajstić information content (AvgIpc) is 2.65. The first-order valence-corrected chi connectivity index (χ1v) is 12.0. The van der Waals surface area contributed by atoms with Crippen LogP contribution in [0.15, 0.2) is 42.5 Å². The maximum absolute atomic E-state index is 12.4. The lowest BCUT2D eigenvalue weighted by Gasteiger charge is -2.23. The molecule has 1 atom stereocenters. The number of sulfonamides is 1. The highest BCUT2D eigenvalue weighted by Crippen LogP contribution is 2.22. The molecule has 0 aliphatic carbocycles. The van der Waals surface area contributed by atoms with E-state index in [0.29, 0.717) is 24.5 Å². The van der Waals surface area contributed by atoms with Crippen LogP contribution in [-0.2, 0) is 14.8 Å². The van der Waals surface area contributed by atoms with Gasteiger partial charge in [-0.1, -0.05) is 23.8 Å². The molecule has 0 aromatic heterocycles.